The molecule has 1 amide bonds. The lowest BCUT2D eigenvalue weighted by molar-refractivity contribution is 0.0163. The van der Waals surface area contributed by atoms with Crippen LogP contribution in [0.25, 0.3) is 0 Å². The van der Waals surface area contributed by atoms with Crippen LogP contribution in [0.5, 0.6) is 0 Å². The van der Waals surface area contributed by atoms with Crippen LogP contribution >= 0.6 is 0 Å². The Bertz CT molecular complexity index is 253. The summed E-state index contributed by atoms with van der Waals surface area (Å²) in [7, 11) is 0. The first kappa shape index (κ1) is 14.3. The van der Waals surface area contributed by atoms with E-state index in [0.29, 0.717) is 25.4 Å². The van der Waals surface area contributed by atoms with Crippen molar-refractivity contribution < 1.29 is 14.6 Å². The van der Waals surface area contributed by atoms with Gasteiger partial charge < -0.3 is 20.5 Å². The van der Waals surface area contributed by atoms with E-state index in [0.717, 1.165) is 12.8 Å². The Morgan fingerprint density at radius 2 is 2.00 bits per heavy atom. The summed E-state index contributed by atoms with van der Waals surface area (Å²) in [6.45, 7) is 6.96. The largest absolute Gasteiger partial charge is 0.444 e. The minimum absolute atomic E-state index is 0.246. The standard InChI is InChI=1S/C12H24N2O3/c1-12(2,3)17-11(16)14-6-4-9(5-7-14)8-10(13)15/h9-10,15H,4-8,13H2,1-3H3. The van der Waals surface area contributed by atoms with Gasteiger partial charge in [0.05, 0.1) is 0 Å². The molecule has 17 heavy (non-hydrogen) atoms. The molecular weight excluding hydrogens is 220 g/mol. The number of aliphatic hydroxyl groups is 1. The Morgan fingerprint density at radius 3 is 2.41 bits per heavy atom. The van der Waals surface area contributed by atoms with Crippen molar-refractivity contribution in [1.29, 1.82) is 0 Å². The van der Waals surface area contributed by atoms with E-state index in [1.54, 1.807) is 4.90 Å². The third-order valence-electron chi connectivity index (χ3n) is 2.84. The van der Waals surface area contributed by atoms with E-state index in [-0.39, 0.29) is 6.09 Å². The van der Waals surface area contributed by atoms with E-state index in [9.17, 15) is 4.79 Å². The summed E-state index contributed by atoms with van der Waals surface area (Å²) < 4.78 is 5.31. The summed E-state index contributed by atoms with van der Waals surface area (Å²) in [5.41, 5.74) is 4.91. The van der Waals surface area contributed by atoms with Crippen molar-refractivity contribution in [2.24, 2.45) is 11.7 Å². The fourth-order valence-electron chi connectivity index (χ4n) is 2.02. The van der Waals surface area contributed by atoms with E-state index >= 15 is 0 Å². The lowest BCUT2D eigenvalue weighted by Gasteiger charge is -2.33. The van der Waals surface area contributed by atoms with Crippen molar-refractivity contribution >= 4 is 6.09 Å². The van der Waals surface area contributed by atoms with E-state index in [1.807, 2.05) is 20.8 Å². The summed E-state index contributed by atoms with van der Waals surface area (Å²) in [6, 6.07) is 0. The van der Waals surface area contributed by atoms with Crippen LogP contribution in [0.1, 0.15) is 40.0 Å². The lowest BCUT2D eigenvalue weighted by atomic mass is 9.93. The Hall–Kier alpha value is -0.810. The summed E-state index contributed by atoms with van der Waals surface area (Å²) in [4.78, 5) is 13.5. The maximum Gasteiger partial charge on any atom is 0.410 e. The van der Waals surface area contributed by atoms with Crippen LogP contribution in [0.3, 0.4) is 0 Å². The second kappa shape index (κ2) is 5.69. The number of hydrogen-bond donors (Lipinski definition) is 2. The molecule has 5 heteroatoms. The van der Waals surface area contributed by atoms with Gasteiger partial charge in [0.1, 0.15) is 11.8 Å². The van der Waals surface area contributed by atoms with Gasteiger partial charge in [0.15, 0.2) is 0 Å². The average molecular weight is 244 g/mol. The van der Waals surface area contributed by atoms with Crippen molar-refractivity contribution in [3.8, 4) is 0 Å². The van der Waals surface area contributed by atoms with Gasteiger partial charge in [-0.2, -0.15) is 0 Å². The first-order valence-electron chi connectivity index (χ1n) is 6.19. The second-order valence-corrected chi connectivity index (χ2v) is 5.71. The molecule has 1 aliphatic heterocycles. The number of rotatable bonds is 2. The first-order valence-corrected chi connectivity index (χ1v) is 6.19. The molecule has 1 fully saturated rings. The van der Waals surface area contributed by atoms with Crippen molar-refractivity contribution in [3.63, 3.8) is 0 Å². The number of carbonyl (C=O) groups is 1. The first-order chi connectivity index (χ1) is 7.78. The molecule has 0 saturated carbocycles. The maximum atomic E-state index is 11.8. The molecule has 0 aliphatic carbocycles. The highest BCUT2D eigenvalue weighted by atomic mass is 16.6. The molecule has 5 nitrogen and oxygen atoms in total. The minimum Gasteiger partial charge on any atom is -0.444 e. The zero-order valence-corrected chi connectivity index (χ0v) is 11.0. The third kappa shape index (κ3) is 5.37. The molecule has 0 spiro atoms. The molecule has 0 aromatic carbocycles. The zero-order chi connectivity index (χ0) is 13.1. The number of piperidine rings is 1. The molecule has 1 atom stereocenters. The number of nitrogens with two attached hydrogens (primary N) is 1. The minimum atomic E-state index is -0.743. The van der Waals surface area contributed by atoms with Crippen molar-refractivity contribution in [2.75, 3.05) is 13.1 Å². The fraction of sp³-hybridized carbons (Fsp3) is 0.917. The summed E-state index contributed by atoms with van der Waals surface area (Å²) in [5.74, 6) is 0.411. The molecule has 100 valence electrons. The summed E-state index contributed by atoms with van der Waals surface area (Å²) in [5, 5.41) is 9.11. The van der Waals surface area contributed by atoms with Gasteiger partial charge in [0, 0.05) is 13.1 Å². The Labute approximate surface area is 103 Å². The molecule has 1 aliphatic rings. The summed E-state index contributed by atoms with van der Waals surface area (Å²) in [6.07, 6.45) is 1.39. The molecule has 1 unspecified atom stereocenters. The number of aliphatic hydroxyl groups excluding tert-OH is 1. The Balaban J connectivity index is 2.34. The van der Waals surface area contributed by atoms with E-state index in [1.165, 1.54) is 0 Å². The van der Waals surface area contributed by atoms with Crippen molar-refractivity contribution in [1.82, 2.24) is 4.90 Å². The SMILES string of the molecule is CC(C)(C)OC(=O)N1CCC(CC(N)O)CC1. The smallest absolute Gasteiger partial charge is 0.410 e. The van der Waals surface area contributed by atoms with Crippen molar-refractivity contribution in [2.45, 2.75) is 51.9 Å². The molecule has 3 N–H and O–H groups in total. The average Bonchev–Trinajstić information content (AvgIpc) is 2.15. The highest BCUT2D eigenvalue weighted by Crippen LogP contribution is 2.22. The van der Waals surface area contributed by atoms with Gasteiger partial charge in [0.25, 0.3) is 0 Å². The van der Waals surface area contributed by atoms with E-state index < -0.39 is 11.8 Å². The zero-order valence-electron chi connectivity index (χ0n) is 11.0. The number of ether oxygens (including phenoxy) is 1. The van der Waals surface area contributed by atoms with E-state index in [2.05, 4.69) is 0 Å². The molecule has 1 heterocycles. The van der Waals surface area contributed by atoms with Crippen LogP contribution in [0.4, 0.5) is 4.79 Å². The van der Waals surface area contributed by atoms with E-state index in [4.69, 9.17) is 15.6 Å². The van der Waals surface area contributed by atoms with Crippen LogP contribution in [-0.2, 0) is 4.74 Å². The molecule has 0 aromatic heterocycles. The van der Waals surface area contributed by atoms with Crippen molar-refractivity contribution in [3.05, 3.63) is 0 Å². The Morgan fingerprint density at radius 1 is 1.47 bits per heavy atom. The maximum absolute atomic E-state index is 11.8. The van der Waals surface area contributed by atoms with Gasteiger partial charge >= 0.3 is 6.09 Å². The molecule has 1 rings (SSSR count). The van der Waals surface area contributed by atoms with Gasteiger partial charge in [-0.1, -0.05) is 0 Å². The highest BCUT2D eigenvalue weighted by molar-refractivity contribution is 5.68. The third-order valence-corrected chi connectivity index (χ3v) is 2.84. The monoisotopic (exact) mass is 244 g/mol. The molecule has 0 bridgehead atoms. The molecule has 1 saturated heterocycles. The van der Waals surface area contributed by atoms with Crippen LogP contribution in [0.15, 0.2) is 0 Å². The molecule has 0 radical (unpaired) electrons. The summed E-state index contributed by atoms with van der Waals surface area (Å²) >= 11 is 0. The predicted octanol–water partition coefficient (Wildman–Crippen LogP) is 1.30. The normalized spacial score (nSPS) is 20.2. The van der Waals surface area contributed by atoms with Gasteiger partial charge in [-0.05, 0) is 46.0 Å². The van der Waals surface area contributed by atoms with Crippen LogP contribution < -0.4 is 5.73 Å². The van der Waals surface area contributed by atoms with Gasteiger partial charge in [-0.3, -0.25) is 0 Å². The fourth-order valence-corrected chi connectivity index (χ4v) is 2.02. The number of amides is 1. The second-order valence-electron chi connectivity index (χ2n) is 5.71. The number of nitrogens with zero attached hydrogens (tertiary/aromatic N) is 1. The van der Waals surface area contributed by atoms with Gasteiger partial charge in [-0.15, -0.1) is 0 Å². The van der Waals surface area contributed by atoms with Crippen LogP contribution in [0, 0.1) is 5.92 Å². The van der Waals surface area contributed by atoms with Crippen LogP contribution in [0.2, 0.25) is 0 Å². The molecular formula is C12H24N2O3. The van der Waals surface area contributed by atoms with Gasteiger partial charge in [0.2, 0.25) is 0 Å². The number of likely N-dealkylation sites (tertiary alicyclic amines) is 1. The number of hydrogen-bond acceptors (Lipinski definition) is 4. The predicted molar refractivity (Wildman–Crippen MR) is 65.3 cm³/mol. The van der Waals surface area contributed by atoms with Gasteiger partial charge in [-0.25, -0.2) is 4.79 Å². The van der Waals surface area contributed by atoms with Crippen LogP contribution in [-0.4, -0.2) is 41.0 Å². The highest BCUT2D eigenvalue weighted by Gasteiger charge is 2.27. The molecule has 0 aromatic rings. The Kier molecular flexibility index (Phi) is 4.77. The quantitative estimate of drug-likeness (QED) is 0.718. The lowest BCUT2D eigenvalue weighted by Crippen LogP contribution is -2.42. The topological polar surface area (TPSA) is 75.8 Å². The number of carbonyl (C=O) groups excluding carboxylic acids is 1.